The van der Waals surface area contributed by atoms with E-state index in [1.54, 1.807) is 0 Å². The largest absolute Gasteiger partial charge is 0.368 e. The molecule has 0 saturated carbocycles. The Balaban J connectivity index is 2.43. The van der Waals surface area contributed by atoms with E-state index < -0.39 is 0 Å². The molecule has 1 rings (SSSR count). The Morgan fingerprint density at radius 1 is 1.73 bits per heavy atom. The van der Waals surface area contributed by atoms with Crippen LogP contribution in [0.15, 0.2) is 0 Å². The van der Waals surface area contributed by atoms with Gasteiger partial charge in [-0.05, 0) is 18.8 Å². The summed E-state index contributed by atoms with van der Waals surface area (Å²) < 4.78 is 5.37. The van der Waals surface area contributed by atoms with Gasteiger partial charge in [-0.2, -0.15) is 0 Å². The summed E-state index contributed by atoms with van der Waals surface area (Å²) in [6.07, 6.45) is 7.77. The molecule has 1 fully saturated rings. The molecule has 3 atom stereocenters. The highest BCUT2D eigenvalue weighted by atomic mass is 16.5. The molecule has 1 saturated heterocycles. The zero-order chi connectivity index (χ0) is 11.3. The average Bonchev–Trinajstić information content (AvgIpc) is 2.63. The highest BCUT2D eigenvalue weighted by molar-refractivity contribution is 5.81. The summed E-state index contributed by atoms with van der Waals surface area (Å²) >= 11 is 0. The SMILES string of the molecule is C#CC(CCC)NC(=O)C1OCCC1C. The molecule has 1 aliphatic heterocycles. The molecule has 3 heteroatoms. The maximum atomic E-state index is 11.8. The van der Waals surface area contributed by atoms with Crippen molar-refractivity contribution in [3.05, 3.63) is 0 Å². The second kappa shape index (κ2) is 5.77. The molecule has 84 valence electrons. The molecule has 1 amide bonds. The molecule has 0 aliphatic carbocycles. The van der Waals surface area contributed by atoms with Crippen molar-refractivity contribution < 1.29 is 9.53 Å². The van der Waals surface area contributed by atoms with E-state index in [4.69, 9.17) is 11.2 Å². The lowest BCUT2D eigenvalue weighted by atomic mass is 10.0. The van der Waals surface area contributed by atoms with Gasteiger partial charge in [0.25, 0.3) is 0 Å². The van der Waals surface area contributed by atoms with E-state index in [9.17, 15) is 4.79 Å². The quantitative estimate of drug-likeness (QED) is 0.709. The van der Waals surface area contributed by atoms with Crippen molar-refractivity contribution in [3.8, 4) is 12.3 Å². The standard InChI is InChI=1S/C12H19NO2/c1-4-6-10(5-2)13-12(14)11-9(3)7-8-15-11/h2,9-11H,4,6-8H2,1,3H3,(H,13,14). The monoisotopic (exact) mass is 209 g/mol. The van der Waals surface area contributed by atoms with Gasteiger partial charge in [-0.3, -0.25) is 4.79 Å². The van der Waals surface area contributed by atoms with Gasteiger partial charge in [-0.25, -0.2) is 0 Å². The average molecular weight is 209 g/mol. The minimum absolute atomic E-state index is 0.0589. The zero-order valence-corrected chi connectivity index (χ0v) is 9.45. The molecule has 1 heterocycles. The molecule has 0 radical (unpaired) electrons. The number of hydrogen-bond acceptors (Lipinski definition) is 2. The van der Waals surface area contributed by atoms with Gasteiger partial charge in [0.15, 0.2) is 0 Å². The highest BCUT2D eigenvalue weighted by Crippen LogP contribution is 2.20. The summed E-state index contributed by atoms with van der Waals surface area (Å²) in [6, 6.07) is -0.154. The lowest BCUT2D eigenvalue weighted by Gasteiger charge is -2.17. The lowest BCUT2D eigenvalue weighted by molar-refractivity contribution is -0.131. The Morgan fingerprint density at radius 3 is 2.93 bits per heavy atom. The minimum Gasteiger partial charge on any atom is -0.368 e. The molecule has 0 aromatic heterocycles. The Labute approximate surface area is 91.6 Å². The highest BCUT2D eigenvalue weighted by Gasteiger charge is 2.31. The number of carbonyl (C=O) groups excluding carboxylic acids is 1. The predicted octanol–water partition coefficient (Wildman–Crippen LogP) is 1.33. The molecular weight excluding hydrogens is 190 g/mol. The van der Waals surface area contributed by atoms with E-state index in [1.165, 1.54) is 0 Å². The van der Waals surface area contributed by atoms with Gasteiger partial charge in [0.1, 0.15) is 6.10 Å². The summed E-state index contributed by atoms with van der Waals surface area (Å²) in [4.78, 5) is 11.8. The number of amides is 1. The third-order valence-corrected chi connectivity index (χ3v) is 2.74. The van der Waals surface area contributed by atoms with Crippen LogP contribution in [0, 0.1) is 18.3 Å². The van der Waals surface area contributed by atoms with Crippen LogP contribution in [0.25, 0.3) is 0 Å². The van der Waals surface area contributed by atoms with Gasteiger partial charge < -0.3 is 10.1 Å². The van der Waals surface area contributed by atoms with Crippen LogP contribution in [0.3, 0.4) is 0 Å². The fraction of sp³-hybridized carbons (Fsp3) is 0.750. The predicted molar refractivity (Wildman–Crippen MR) is 59.2 cm³/mol. The van der Waals surface area contributed by atoms with E-state index in [-0.39, 0.29) is 18.1 Å². The van der Waals surface area contributed by atoms with Crippen LogP contribution in [0.1, 0.15) is 33.1 Å². The van der Waals surface area contributed by atoms with Crippen LogP contribution in [-0.4, -0.2) is 24.7 Å². The molecule has 1 aliphatic rings. The first kappa shape index (κ1) is 12.1. The van der Waals surface area contributed by atoms with Crippen LogP contribution < -0.4 is 5.32 Å². The number of terminal acetylenes is 1. The van der Waals surface area contributed by atoms with Gasteiger partial charge >= 0.3 is 0 Å². The first-order valence-corrected chi connectivity index (χ1v) is 5.57. The van der Waals surface area contributed by atoms with Gasteiger partial charge in [-0.1, -0.05) is 26.2 Å². The van der Waals surface area contributed by atoms with E-state index >= 15 is 0 Å². The Morgan fingerprint density at radius 2 is 2.47 bits per heavy atom. The van der Waals surface area contributed by atoms with Crippen molar-refractivity contribution in [3.63, 3.8) is 0 Å². The van der Waals surface area contributed by atoms with Crippen molar-refractivity contribution in [2.24, 2.45) is 5.92 Å². The summed E-state index contributed by atoms with van der Waals surface area (Å²) in [6.45, 7) is 4.75. The number of hydrogen-bond donors (Lipinski definition) is 1. The number of carbonyl (C=O) groups is 1. The molecule has 0 spiro atoms. The second-order valence-corrected chi connectivity index (χ2v) is 4.07. The summed E-state index contributed by atoms with van der Waals surface area (Å²) in [5.74, 6) is 2.82. The number of ether oxygens (including phenoxy) is 1. The number of nitrogens with one attached hydrogen (secondary N) is 1. The summed E-state index contributed by atoms with van der Waals surface area (Å²) in [5, 5.41) is 2.84. The molecule has 0 aromatic carbocycles. The minimum atomic E-state index is -0.308. The smallest absolute Gasteiger partial charge is 0.250 e. The first-order valence-electron chi connectivity index (χ1n) is 5.57. The Kier molecular flexibility index (Phi) is 4.64. The van der Waals surface area contributed by atoms with Crippen LogP contribution in [0.5, 0.6) is 0 Å². The summed E-state index contributed by atoms with van der Waals surface area (Å²) in [7, 11) is 0. The molecule has 0 bridgehead atoms. The molecule has 3 unspecified atom stereocenters. The third-order valence-electron chi connectivity index (χ3n) is 2.74. The van der Waals surface area contributed by atoms with Crippen LogP contribution in [0.4, 0.5) is 0 Å². The Bertz CT molecular complexity index is 257. The fourth-order valence-corrected chi connectivity index (χ4v) is 1.77. The molecule has 15 heavy (non-hydrogen) atoms. The van der Waals surface area contributed by atoms with Crippen molar-refractivity contribution in [1.29, 1.82) is 0 Å². The van der Waals surface area contributed by atoms with Gasteiger partial charge in [0.2, 0.25) is 5.91 Å². The van der Waals surface area contributed by atoms with E-state index in [0.29, 0.717) is 12.5 Å². The first-order chi connectivity index (χ1) is 7.19. The fourth-order valence-electron chi connectivity index (χ4n) is 1.77. The molecule has 1 N–H and O–H groups in total. The van der Waals surface area contributed by atoms with Gasteiger partial charge in [0.05, 0.1) is 6.04 Å². The van der Waals surface area contributed by atoms with Gasteiger partial charge in [0, 0.05) is 6.61 Å². The van der Waals surface area contributed by atoms with Gasteiger partial charge in [-0.15, -0.1) is 6.42 Å². The van der Waals surface area contributed by atoms with Crippen molar-refractivity contribution in [1.82, 2.24) is 5.32 Å². The van der Waals surface area contributed by atoms with Crippen molar-refractivity contribution >= 4 is 5.91 Å². The second-order valence-electron chi connectivity index (χ2n) is 4.07. The Hall–Kier alpha value is -1.01. The maximum absolute atomic E-state index is 11.8. The van der Waals surface area contributed by atoms with Crippen molar-refractivity contribution in [2.75, 3.05) is 6.61 Å². The van der Waals surface area contributed by atoms with E-state index in [0.717, 1.165) is 19.3 Å². The molecule has 3 nitrogen and oxygen atoms in total. The van der Waals surface area contributed by atoms with Crippen LogP contribution in [0.2, 0.25) is 0 Å². The normalized spacial score (nSPS) is 27.0. The van der Waals surface area contributed by atoms with E-state index in [1.807, 2.05) is 13.8 Å². The topological polar surface area (TPSA) is 38.3 Å². The summed E-state index contributed by atoms with van der Waals surface area (Å²) in [5.41, 5.74) is 0. The number of rotatable bonds is 4. The van der Waals surface area contributed by atoms with Crippen LogP contribution in [-0.2, 0) is 9.53 Å². The third kappa shape index (κ3) is 3.24. The van der Waals surface area contributed by atoms with E-state index in [2.05, 4.69) is 11.2 Å². The zero-order valence-electron chi connectivity index (χ0n) is 9.45. The van der Waals surface area contributed by atoms with Crippen molar-refractivity contribution in [2.45, 2.75) is 45.3 Å². The maximum Gasteiger partial charge on any atom is 0.250 e. The molecule has 0 aromatic rings. The lowest BCUT2D eigenvalue weighted by Crippen LogP contribution is -2.42. The van der Waals surface area contributed by atoms with Crippen LogP contribution >= 0.6 is 0 Å². The molecular formula is C12H19NO2.